The van der Waals surface area contributed by atoms with Crippen LogP contribution in [0.25, 0.3) is 11.5 Å². The first-order chi connectivity index (χ1) is 15.6. The molecule has 0 aliphatic carbocycles. The predicted molar refractivity (Wildman–Crippen MR) is 116 cm³/mol. The second-order valence-electron chi connectivity index (χ2n) is 7.49. The quantitative estimate of drug-likeness (QED) is 0.594. The summed E-state index contributed by atoms with van der Waals surface area (Å²) in [7, 11) is 1.39. The zero-order chi connectivity index (χ0) is 22.3. The first-order valence-electron chi connectivity index (χ1n) is 10.5. The molecule has 1 aliphatic rings. The number of hydrogen-bond acceptors (Lipinski definition) is 6. The fourth-order valence-corrected chi connectivity index (χ4v) is 3.58. The van der Waals surface area contributed by atoms with Crippen LogP contribution in [-0.4, -0.2) is 54.0 Å². The molecule has 0 saturated carbocycles. The number of hydrogen-bond donors (Lipinski definition) is 1. The Hall–Kier alpha value is -3.46. The van der Waals surface area contributed by atoms with E-state index in [0.717, 1.165) is 18.4 Å². The Morgan fingerprint density at radius 2 is 2.12 bits per heavy atom. The number of methoxy groups -OCH3 is 1. The second kappa shape index (κ2) is 10.2. The van der Waals surface area contributed by atoms with Gasteiger partial charge in [0.2, 0.25) is 0 Å². The van der Waals surface area contributed by atoms with Crippen LogP contribution in [0.2, 0.25) is 0 Å². The zero-order valence-electron chi connectivity index (χ0n) is 17.8. The van der Waals surface area contributed by atoms with E-state index in [1.54, 1.807) is 11.0 Å². The lowest BCUT2D eigenvalue weighted by Gasteiger charge is -2.32. The number of carbonyl (C=O) groups is 1. The molecule has 2 aromatic carbocycles. The number of nitrogens with one attached hydrogen (secondary N) is 1. The van der Waals surface area contributed by atoms with E-state index in [1.165, 1.54) is 19.2 Å². The van der Waals surface area contributed by atoms with Crippen molar-refractivity contribution in [2.24, 2.45) is 0 Å². The van der Waals surface area contributed by atoms with Crippen molar-refractivity contribution in [3.8, 4) is 17.2 Å². The molecule has 3 aromatic rings. The molecule has 0 radical (unpaired) electrons. The molecule has 1 atom stereocenters. The van der Waals surface area contributed by atoms with Crippen LogP contribution >= 0.6 is 0 Å². The van der Waals surface area contributed by atoms with Crippen LogP contribution in [0.3, 0.4) is 0 Å². The van der Waals surface area contributed by atoms with Gasteiger partial charge in [0.1, 0.15) is 0 Å². The first-order valence-corrected chi connectivity index (χ1v) is 10.5. The average molecular weight is 440 g/mol. The van der Waals surface area contributed by atoms with E-state index < -0.39 is 5.82 Å². The minimum Gasteiger partial charge on any atom is -0.494 e. The maximum atomic E-state index is 13.9. The summed E-state index contributed by atoms with van der Waals surface area (Å²) in [6, 6.07) is 13.6. The molecule has 1 N–H and O–H groups in total. The van der Waals surface area contributed by atoms with Gasteiger partial charge in [-0.1, -0.05) is 23.4 Å². The Labute approximate surface area is 185 Å². The number of carbonyl (C=O) groups excluding carboxylic acids is 1. The molecule has 4 rings (SSSR count). The SMILES string of the molecule is COc1ccc(NC(=O)N2CCCC(OCCc3noc(-c4ccccc4)n3)C2)cc1F. The summed E-state index contributed by atoms with van der Waals surface area (Å²) in [5.41, 5.74) is 1.25. The molecule has 2 heterocycles. The zero-order valence-corrected chi connectivity index (χ0v) is 17.8. The molecule has 1 aromatic heterocycles. The average Bonchev–Trinajstić information content (AvgIpc) is 3.29. The first kappa shape index (κ1) is 21.8. The lowest BCUT2D eigenvalue weighted by atomic mass is 10.1. The molecular formula is C23H25FN4O4. The Morgan fingerprint density at radius 3 is 2.91 bits per heavy atom. The minimum absolute atomic E-state index is 0.0809. The fourth-order valence-electron chi connectivity index (χ4n) is 3.58. The van der Waals surface area contributed by atoms with Crippen LogP contribution in [0.1, 0.15) is 18.7 Å². The summed E-state index contributed by atoms with van der Waals surface area (Å²) < 4.78 is 30.0. The smallest absolute Gasteiger partial charge is 0.321 e. The number of benzene rings is 2. The van der Waals surface area contributed by atoms with E-state index in [9.17, 15) is 9.18 Å². The summed E-state index contributed by atoms with van der Waals surface area (Å²) in [5, 5.41) is 6.73. The molecule has 0 spiro atoms. The Kier molecular flexibility index (Phi) is 6.96. The Balaban J connectivity index is 1.25. The highest BCUT2D eigenvalue weighted by molar-refractivity contribution is 5.89. The summed E-state index contributed by atoms with van der Waals surface area (Å²) >= 11 is 0. The standard InChI is InChI=1S/C23H25FN4O4/c1-30-20-10-9-17(14-19(20)24)25-23(29)28-12-5-8-18(15-28)31-13-11-21-26-22(32-27-21)16-6-3-2-4-7-16/h2-4,6-7,9-10,14,18H,5,8,11-13,15H2,1H3,(H,25,29). The highest BCUT2D eigenvalue weighted by atomic mass is 19.1. The number of amides is 2. The molecule has 1 aliphatic heterocycles. The maximum Gasteiger partial charge on any atom is 0.321 e. The summed E-state index contributed by atoms with van der Waals surface area (Å²) in [5.74, 6) is 0.667. The number of urea groups is 1. The second-order valence-corrected chi connectivity index (χ2v) is 7.49. The van der Waals surface area contributed by atoms with Crippen molar-refractivity contribution >= 4 is 11.7 Å². The van der Waals surface area contributed by atoms with Crippen LogP contribution in [0.5, 0.6) is 5.75 Å². The number of rotatable bonds is 7. The number of anilines is 1. The van der Waals surface area contributed by atoms with E-state index in [2.05, 4.69) is 15.5 Å². The van der Waals surface area contributed by atoms with E-state index in [4.69, 9.17) is 14.0 Å². The van der Waals surface area contributed by atoms with Gasteiger partial charge in [0.15, 0.2) is 17.4 Å². The third-order valence-corrected chi connectivity index (χ3v) is 5.24. The van der Waals surface area contributed by atoms with Crippen LogP contribution in [-0.2, 0) is 11.2 Å². The van der Waals surface area contributed by atoms with Crippen molar-refractivity contribution in [2.75, 3.05) is 32.1 Å². The Bertz CT molecular complexity index is 1040. The van der Waals surface area contributed by atoms with E-state index in [-0.39, 0.29) is 17.9 Å². The van der Waals surface area contributed by atoms with Crippen molar-refractivity contribution in [3.63, 3.8) is 0 Å². The summed E-state index contributed by atoms with van der Waals surface area (Å²) in [4.78, 5) is 18.7. The fraction of sp³-hybridized carbons (Fsp3) is 0.348. The number of piperidine rings is 1. The third-order valence-electron chi connectivity index (χ3n) is 5.24. The van der Waals surface area contributed by atoms with Crippen molar-refractivity contribution in [1.29, 1.82) is 0 Å². The van der Waals surface area contributed by atoms with Crippen molar-refractivity contribution in [1.82, 2.24) is 15.0 Å². The van der Waals surface area contributed by atoms with Crippen LogP contribution in [0.4, 0.5) is 14.9 Å². The van der Waals surface area contributed by atoms with Crippen LogP contribution in [0, 0.1) is 5.82 Å². The molecule has 168 valence electrons. The number of aromatic nitrogens is 2. The highest BCUT2D eigenvalue weighted by Crippen LogP contribution is 2.22. The number of ether oxygens (including phenoxy) is 2. The van der Waals surface area contributed by atoms with Gasteiger partial charge in [0.25, 0.3) is 5.89 Å². The molecule has 8 nitrogen and oxygen atoms in total. The van der Waals surface area contributed by atoms with E-state index in [0.29, 0.717) is 43.5 Å². The van der Waals surface area contributed by atoms with E-state index in [1.807, 2.05) is 30.3 Å². The monoisotopic (exact) mass is 440 g/mol. The van der Waals surface area contributed by atoms with Gasteiger partial charge in [0.05, 0.1) is 19.8 Å². The third kappa shape index (κ3) is 5.42. The minimum atomic E-state index is -0.526. The Morgan fingerprint density at radius 1 is 1.28 bits per heavy atom. The molecule has 1 saturated heterocycles. The largest absolute Gasteiger partial charge is 0.494 e. The van der Waals surface area contributed by atoms with Gasteiger partial charge in [-0.25, -0.2) is 9.18 Å². The summed E-state index contributed by atoms with van der Waals surface area (Å²) in [6.07, 6.45) is 2.13. The lowest BCUT2D eigenvalue weighted by molar-refractivity contribution is 0.0120. The van der Waals surface area contributed by atoms with Crippen LogP contribution in [0.15, 0.2) is 53.1 Å². The van der Waals surface area contributed by atoms with Gasteiger partial charge in [-0.05, 0) is 37.1 Å². The molecule has 1 unspecified atom stereocenters. The molecular weight excluding hydrogens is 415 g/mol. The van der Waals surface area contributed by atoms with Gasteiger partial charge >= 0.3 is 6.03 Å². The highest BCUT2D eigenvalue weighted by Gasteiger charge is 2.24. The number of likely N-dealkylation sites (tertiary alicyclic amines) is 1. The molecule has 9 heteroatoms. The topological polar surface area (TPSA) is 89.7 Å². The van der Waals surface area contributed by atoms with Crippen LogP contribution < -0.4 is 10.1 Å². The van der Waals surface area contributed by atoms with Gasteiger partial charge in [-0.3, -0.25) is 0 Å². The number of halogens is 1. The van der Waals surface area contributed by atoms with Crippen molar-refractivity contribution in [2.45, 2.75) is 25.4 Å². The van der Waals surface area contributed by atoms with E-state index >= 15 is 0 Å². The van der Waals surface area contributed by atoms with Crippen molar-refractivity contribution in [3.05, 3.63) is 60.2 Å². The van der Waals surface area contributed by atoms with Gasteiger partial charge in [-0.2, -0.15) is 4.98 Å². The van der Waals surface area contributed by atoms with Gasteiger partial charge in [0, 0.05) is 36.8 Å². The normalized spacial score (nSPS) is 16.1. The van der Waals surface area contributed by atoms with Gasteiger partial charge < -0.3 is 24.2 Å². The maximum absolute atomic E-state index is 13.9. The van der Waals surface area contributed by atoms with Crippen molar-refractivity contribution < 1.29 is 23.2 Å². The molecule has 2 amide bonds. The lowest BCUT2D eigenvalue weighted by Crippen LogP contribution is -2.45. The molecule has 0 bridgehead atoms. The predicted octanol–water partition coefficient (Wildman–Crippen LogP) is 4.14. The molecule has 1 fully saturated rings. The van der Waals surface area contributed by atoms with Gasteiger partial charge in [-0.15, -0.1) is 0 Å². The molecule has 32 heavy (non-hydrogen) atoms. The summed E-state index contributed by atoms with van der Waals surface area (Å²) in [6.45, 7) is 1.51. The number of nitrogens with zero attached hydrogens (tertiary/aromatic N) is 3.